The van der Waals surface area contributed by atoms with Crippen LogP contribution in [-0.4, -0.2) is 11.8 Å². The maximum absolute atomic E-state index is 5.59. The van der Waals surface area contributed by atoms with Gasteiger partial charge in [-0.05, 0) is 24.5 Å². The molecule has 3 N–H and O–H groups in total. The number of rotatable bonds is 8. The van der Waals surface area contributed by atoms with E-state index in [1.807, 2.05) is 17.8 Å². The zero-order valence-corrected chi connectivity index (χ0v) is 11.7. The van der Waals surface area contributed by atoms with E-state index >= 15 is 0 Å². The Morgan fingerprint density at radius 1 is 1.18 bits per heavy atom. The molecule has 1 aromatic carbocycles. The molecule has 0 radical (unpaired) electrons. The van der Waals surface area contributed by atoms with E-state index in [0.717, 1.165) is 18.1 Å². The first-order valence-corrected chi connectivity index (χ1v) is 7.35. The van der Waals surface area contributed by atoms with Crippen LogP contribution < -0.4 is 11.3 Å². The van der Waals surface area contributed by atoms with Crippen molar-refractivity contribution < 1.29 is 0 Å². The van der Waals surface area contributed by atoms with E-state index in [0.29, 0.717) is 6.04 Å². The predicted octanol–water partition coefficient (Wildman–Crippen LogP) is 3.44. The van der Waals surface area contributed by atoms with E-state index < -0.39 is 0 Å². The normalized spacial score (nSPS) is 12.9. The molecule has 3 heteroatoms. The Labute approximate surface area is 109 Å². The molecule has 1 atom stereocenters. The molecule has 0 aromatic heterocycles. The SMILES string of the molecule is CC(C)CCCC(CSc1ccccc1)NN. The number of hydrogen-bond acceptors (Lipinski definition) is 3. The summed E-state index contributed by atoms with van der Waals surface area (Å²) in [6.45, 7) is 4.53. The van der Waals surface area contributed by atoms with E-state index in [2.05, 4.69) is 43.5 Å². The van der Waals surface area contributed by atoms with Gasteiger partial charge in [0.05, 0.1) is 0 Å². The lowest BCUT2D eigenvalue weighted by atomic mass is 10.0. The molecule has 0 spiro atoms. The molecule has 0 aliphatic heterocycles. The lowest BCUT2D eigenvalue weighted by Crippen LogP contribution is -2.36. The quantitative estimate of drug-likeness (QED) is 0.423. The van der Waals surface area contributed by atoms with Crippen molar-refractivity contribution in [3.05, 3.63) is 30.3 Å². The molecule has 0 amide bonds. The van der Waals surface area contributed by atoms with Crippen LogP contribution in [0.1, 0.15) is 33.1 Å². The van der Waals surface area contributed by atoms with Gasteiger partial charge in [-0.2, -0.15) is 0 Å². The molecule has 0 aliphatic rings. The van der Waals surface area contributed by atoms with Gasteiger partial charge in [-0.15, -0.1) is 11.8 Å². The molecule has 1 unspecified atom stereocenters. The highest BCUT2D eigenvalue weighted by Crippen LogP contribution is 2.19. The van der Waals surface area contributed by atoms with Gasteiger partial charge in [0.25, 0.3) is 0 Å². The molecule has 0 bridgehead atoms. The lowest BCUT2D eigenvalue weighted by molar-refractivity contribution is 0.469. The van der Waals surface area contributed by atoms with E-state index in [-0.39, 0.29) is 0 Å². The Morgan fingerprint density at radius 2 is 1.88 bits per heavy atom. The van der Waals surface area contributed by atoms with Crippen LogP contribution in [0.4, 0.5) is 0 Å². The van der Waals surface area contributed by atoms with Crippen LogP contribution in [0.3, 0.4) is 0 Å². The van der Waals surface area contributed by atoms with Crippen LogP contribution in [0.2, 0.25) is 0 Å². The van der Waals surface area contributed by atoms with Gasteiger partial charge < -0.3 is 0 Å². The standard InChI is InChI=1S/C14H24N2S/c1-12(2)7-6-8-13(16-15)11-17-14-9-4-3-5-10-14/h3-5,9-10,12-13,16H,6-8,11,15H2,1-2H3. The van der Waals surface area contributed by atoms with Crippen LogP contribution in [0.5, 0.6) is 0 Å². The van der Waals surface area contributed by atoms with Gasteiger partial charge in [-0.1, -0.05) is 44.9 Å². The first-order chi connectivity index (χ1) is 8.22. The molecule has 1 rings (SSSR count). The molecule has 0 saturated carbocycles. The molecule has 1 aromatic rings. The first-order valence-electron chi connectivity index (χ1n) is 6.36. The molecular formula is C14H24N2S. The van der Waals surface area contributed by atoms with Gasteiger partial charge in [0.2, 0.25) is 0 Å². The summed E-state index contributed by atoms with van der Waals surface area (Å²) in [5.74, 6) is 7.42. The average Bonchev–Trinajstić information content (AvgIpc) is 2.34. The van der Waals surface area contributed by atoms with Crippen molar-refractivity contribution in [1.82, 2.24) is 5.43 Å². The maximum Gasteiger partial charge on any atom is 0.0304 e. The highest BCUT2D eigenvalue weighted by molar-refractivity contribution is 7.99. The second kappa shape index (κ2) is 8.56. The van der Waals surface area contributed by atoms with Crippen LogP contribution in [0.25, 0.3) is 0 Å². The number of nitrogens with two attached hydrogens (primary N) is 1. The largest absolute Gasteiger partial charge is 0.271 e. The van der Waals surface area contributed by atoms with Crippen LogP contribution >= 0.6 is 11.8 Å². The van der Waals surface area contributed by atoms with E-state index in [1.54, 1.807) is 0 Å². The van der Waals surface area contributed by atoms with Crippen molar-refractivity contribution in [2.24, 2.45) is 11.8 Å². The van der Waals surface area contributed by atoms with Crippen molar-refractivity contribution in [3.8, 4) is 0 Å². The predicted molar refractivity (Wildman–Crippen MR) is 77.0 cm³/mol. The zero-order valence-electron chi connectivity index (χ0n) is 10.9. The van der Waals surface area contributed by atoms with Crippen molar-refractivity contribution in [3.63, 3.8) is 0 Å². The summed E-state index contributed by atoms with van der Waals surface area (Å²) < 4.78 is 0. The maximum atomic E-state index is 5.59. The summed E-state index contributed by atoms with van der Waals surface area (Å²) in [5, 5.41) is 0. The Balaban J connectivity index is 2.23. The molecule has 96 valence electrons. The van der Waals surface area contributed by atoms with Crippen molar-refractivity contribution >= 4 is 11.8 Å². The molecule has 0 aliphatic carbocycles. The third-order valence-corrected chi connectivity index (χ3v) is 3.94. The number of benzene rings is 1. The molecule has 17 heavy (non-hydrogen) atoms. The molecule has 0 fully saturated rings. The number of thioether (sulfide) groups is 1. The fraction of sp³-hybridized carbons (Fsp3) is 0.571. The summed E-state index contributed by atoms with van der Waals surface area (Å²) in [6, 6.07) is 10.9. The number of nitrogens with one attached hydrogen (secondary N) is 1. The van der Waals surface area contributed by atoms with Crippen LogP contribution in [0, 0.1) is 5.92 Å². The minimum Gasteiger partial charge on any atom is -0.271 e. The number of hydrogen-bond donors (Lipinski definition) is 2. The summed E-state index contributed by atoms with van der Waals surface area (Å²) in [4.78, 5) is 1.32. The third kappa shape index (κ3) is 6.71. The topological polar surface area (TPSA) is 38.0 Å². The van der Waals surface area contributed by atoms with Gasteiger partial charge >= 0.3 is 0 Å². The van der Waals surface area contributed by atoms with Crippen LogP contribution in [-0.2, 0) is 0 Å². The van der Waals surface area contributed by atoms with Crippen molar-refractivity contribution in [2.45, 2.75) is 44.0 Å². The molecule has 0 saturated heterocycles. The molecule has 2 nitrogen and oxygen atoms in total. The van der Waals surface area contributed by atoms with Gasteiger partial charge in [0, 0.05) is 16.7 Å². The highest BCUT2D eigenvalue weighted by Gasteiger charge is 2.07. The Morgan fingerprint density at radius 3 is 2.47 bits per heavy atom. The third-order valence-electron chi connectivity index (χ3n) is 2.76. The Kier molecular flexibility index (Phi) is 7.33. The first kappa shape index (κ1) is 14.6. The number of hydrazine groups is 1. The van der Waals surface area contributed by atoms with E-state index in [1.165, 1.54) is 17.7 Å². The fourth-order valence-corrected chi connectivity index (χ4v) is 2.71. The van der Waals surface area contributed by atoms with E-state index in [4.69, 9.17) is 5.84 Å². The molecule has 0 heterocycles. The smallest absolute Gasteiger partial charge is 0.0304 e. The second-order valence-corrected chi connectivity index (χ2v) is 5.91. The summed E-state index contributed by atoms with van der Waals surface area (Å²) in [6.07, 6.45) is 3.70. The van der Waals surface area contributed by atoms with Gasteiger partial charge in [-0.3, -0.25) is 11.3 Å². The van der Waals surface area contributed by atoms with Gasteiger partial charge in [0.1, 0.15) is 0 Å². The lowest BCUT2D eigenvalue weighted by Gasteiger charge is -2.16. The van der Waals surface area contributed by atoms with E-state index in [9.17, 15) is 0 Å². The Hall–Kier alpha value is -0.510. The highest BCUT2D eigenvalue weighted by atomic mass is 32.2. The average molecular weight is 252 g/mol. The van der Waals surface area contributed by atoms with Gasteiger partial charge in [0.15, 0.2) is 0 Å². The van der Waals surface area contributed by atoms with Crippen LogP contribution in [0.15, 0.2) is 35.2 Å². The minimum absolute atomic E-state index is 0.416. The monoisotopic (exact) mass is 252 g/mol. The van der Waals surface area contributed by atoms with Gasteiger partial charge in [-0.25, -0.2) is 0 Å². The summed E-state index contributed by atoms with van der Waals surface area (Å²) >= 11 is 1.87. The molecular weight excluding hydrogens is 228 g/mol. The summed E-state index contributed by atoms with van der Waals surface area (Å²) in [7, 11) is 0. The Bertz CT molecular complexity index is 288. The summed E-state index contributed by atoms with van der Waals surface area (Å²) in [5.41, 5.74) is 2.93. The fourth-order valence-electron chi connectivity index (χ4n) is 1.70. The minimum atomic E-state index is 0.416. The van der Waals surface area contributed by atoms with Crippen molar-refractivity contribution in [2.75, 3.05) is 5.75 Å². The zero-order chi connectivity index (χ0) is 12.5. The second-order valence-electron chi connectivity index (χ2n) is 4.81. The van der Waals surface area contributed by atoms with Crippen molar-refractivity contribution in [1.29, 1.82) is 0 Å².